The molecular formula is C25H31FN6O3. The van der Waals surface area contributed by atoms with E-state index < -0.39 is 17.5 Å². The SMILES string of the molecule is CC[C@H]1OCC[C@H](Nc2ncc(C#N)c(-c3cc(F)c4nc(C(C)(C)O)n(C(C)C)c4c3)n2)[C@H]1O. The van der Waals surface area contributed by atoms with Gasteiger partial charge in [0, 0.05) is 18.2 Å². The molecule has 0 bridgehead atoms. The number of aromatic nitrogens is 4. The zero-order valence-corrected chi connectivity index (χ0v) is 20.6. The molecule has 1 fully saturated rings. The molecule has 35 heavy (non-hydrogen) atoms. The lowest BCUT2D eigenvalue weighted by atomic mass is 9.98. The predicted octanol–water partition coefficient (Wildman–Crippen LogP) is 3.65. The summed E-state index contributed by atoms with van der Waals surface area (Å²) in [5.74, 6) is 0.00277. The minimum absolute atomic E-state index is 0.101. The molecule has 0 saturated carbocycles. The lowest BCUT2D eigenvalue weighted by molar-refractivity contribution is -0.0808. The Balaban J connectivity index is 1.80. The second kappa shape index (κ2) is 9.49. The largest absolute Gasteiger partial charge is 0.388 e. The number of anilines is 1. The van der Waals surface area contributed by atoms with Crippen molar-refractivity contribution in [3.8, 4) is 17.3 Å². The van der Waals surface area contributed by atoms with Crippen LogP contribution in [0.1, 0.15) is 64.9 Å². The zero-order valence-electron chi connectivity index (χ0n) is 20.6. The van der Waals surface area contributed by atoms with E-state index in [0.29, 0.717) is 36.4 Å². The van der Waals surface area contributed by atoms with Crippen LogP contribution in [-0.2, 0) is 10.3 Å². The Morgan fingerprint density at radius 1 is 1.34 bits per heavy atom. The molecule has 186 valence electrons. The van der Waals surface area contributed by atoms with Gasteiger partial charge in [0.15, 0.2) is 5.82 Å². The molecule has 0 amide bonds. The Bertz CT molecular complexity index is 1280. The third-order valence-electron chi connectivity index (χ3n) is 6.27. The maximum absolute atomic E-state index is 15.3. The number of benzene rings is 1. The topological polar surface area (TPSA) is 129 Å². The molecule has 0 spiro atoms. The molecule has 9 nitrogen and oxygen atoms in total. The smallest absolute Gasteiger partial charge is 0.223 e. The quantitative estimate of drug-likeness (QED) is 0.486. The first-order valence-corrected chi connectivity index (χ1v) is 11.8. The second-order valence-electron chi connectivity index (χ2n) is 9.70. The van der Waals surface area contributed by atoms with Crippen molar-refractivity contribution in [3.05, 3.63) is 35.5 Å². The fraction of sp³-hybridized carbons (Fsp3) is 0.520. The number of hydrogen-bond donors (Lipinski definition) is 3. The van der Waals surface area contributed by atoms with Gasteiger partial charge >= 0.3 is 0 Å². The van der Waals surface area contributed by atoms with Gasteiger partial charge in [0.2, 0.25) is 5.95 Å². The van der Waals surface area contributed by atoms with Gasteiger partial charge in [-0.25, -0.2) is 19.3 Å². The Morgan fingerprint density at radius 2 is 2.09 bits per heavy atom. The molecule has 3 aromatic rings. The summed E-state index contributed by atoms with van der Waals surface area (Å²) in [5, 5.41) is 34.1. The monoisotopic (exact) mass is 482 g/mol. The molecule has 1 saturated heterocycles. The van der Waals surface area contributed by atoms with Crippen molar-refractivity contribution in [3.63, 3.8) is 0 Å². The third kappa shape index (κ3) is 4.72. The lowest BCUT2D eigenvalue weighted by Crippen LogP contribution is -2.48. The molecule has 1 aliphatic rings. The van der Waals surface area contributed by atoms with E-state index in [1.807, 2.05) is 20.8 Å². The molecule has 3 heterocycles. The molecule has 0 radical (unpaired) electrons. The van der Waals surface area contributed by atoms with Gasteiger partial charge in [-0.15, -0.1) is 0 Å². The zero-order chi connectivity index (χ0) is 25.5. The van der Waals surface area contributed by atoms with Crippen molar-refractivity contribution in [2.75, 3.05) is 11.9 Å². The Hall–Kier alpha value is -3.13. The number of rotatable bonds is 6. The Kier molecular flexibility index (Phi) is 6.77. The number of imidazole rings is 1. The van der Waals surface area contributed by atoms with Gasteiger partial charge in [-0.05, 0) is 52.7 Å². The molecule has 10 heteroatoms. The van der Waals surface area contributed by atoms with Crippen molar-refractivity contribution in [1.82, 2.24) is 19.5 Å². The van der Waals surface area contributed by atoms with E-state index in [2.05, 4.69) is 26.3 Å². The molecule has 1 aliphatic heterocycles. The molecule has 2 aromatic heterocycles. The first-order valence-electron chi connectivity index (χ1n) is 11.8. The van der Waals surface area contributed by atoms with Gasteiger partial charge in [0.05, 0.1) is 35.1 Å². The highest BCUT2D eigenvalue weighted by Crippen LogP contribution is 2.33. The van der Waals surface area contributed by atoms with Gasteiger partial charge in [-0.3, -0.25) is 0 Å². The molecule has 0 aliphatic carbocycles. The normalized spacial score (nSPS) is 20.9. The molecular weight excluding hydrogens is 451 g/mol. The summed E-state index contributed by atoms with van der Waals surface area (Å²) < 4.78 is 22.7. The third-order valence-corrected chi connectivity index (χ3v) is 6.27. The predicted molar refractivity (Wildman–Crippen MR) is 129 cm³/mol. The van der Waals surface area contributed by atoms with Crippen LogP contribution < -0.4 is 5.32 Å². The van der Waals surface area contributed by atoms with Crippen molar-refractivity contribution in [2.45, 2.75) is 77.4 Å². The molecule has 1 aromatic carbocycles. The van der Waals surface area contributed by atoms with E-state index in [1.54, 1.807) is 24.5 Å². The fourth-order valence-corrected chi connectivity index (χ4v) is 4.55. The van der Waals surface area contributed by atoms with Crippen LogP contribution in [0.25, 0.3) is 22.3 Å². The number of nitriles is 1. The summed E-state index contributed by atoms with van der Waals surface area (Å²) in [7, 11) is 0. The van der Waals surface area contributed by atoms with Crippen LogP contribution in [0.15, 0.2) is 18.3 Å². The summed E-state index contributed by atoms with van der Waals surface area (Å²) in [6, 6.07) is 4.68. The number of nitrogens with one attached hydrogen (secondary N) is 1. The molecule has 3 N–H and O–H groups in total. The maximum Gasteiger partial charge on any atom is 0.223 e. The highest BCUT2D eigenvalue weighted by molar-refractivity contribution is 5.84. The van der Waals surface area contributed by atoms with Gasteiger partial charge in [-0.2, -0.15) is 5.26 Å². The number of halogens is 1. The van der Waals surface area contributed by atoms with Gasteiger partial charge in [0.1, 0.15) is 29.1 Å². The summed E-state index contributed by atoms with van der Waals surface area (Å²) in [6.07, 6.45) is 1.62. The van der Waals surface area contributed by atoms with E-state index in [-0.39, 0.29) is 40.9 Å². The summed E-state index contributed by atoms with van der Waals surface area (Å²) in [5.41, 5.74) is 0.198. The molecule has 4 rings (SSSR count). The van der Waals surface area contributed by atoms with E-state index in [0.717, 1.165) is 0 Å². The fourth-order valence-electron chi connectivity index (χ4n) is 4.55. The van der Waals surface area contributed by atoms with Crippen LogP contribution in [0.5, 0.6) is 0 Å². The van der Waals surface area contributed by atoms with E-state index in [1.165, 1.54) is 12.3 Å². The van der Waals surface area contributed by atoms with Crippen LogP contribution in [0.4, 0.5) is 10.3 Å². The highest BCUT2D eigenvalue weighted by Gasteiger charge is 2.32. The van der Waals surface area contributed by atoms with Crippen LogP contribution >= 0.6 is 0 Å². The first kappa shape index (κ1) is 25.0. The Morgan fingerprint density at radius 3 is 2.71 bits per heavy atom. The van der Waals surface area contributed by atoms with Crippen molar-refractivity contribution >= 4 is 17.0 Å². The number of fused-ring (bicyclic) bond motifs is 1. The number of ether oxygens (including phenoxy) is 1. The highest BCUT2D eigenvalue weighted by atomic mass is 19.1. The second-order valence-corrected chi connectivity index (χ2v) is 9.70. The van der Waals surface area contributed by atoms with Gasteiger partial charge in [0.25, 0.3) is 0 Å². The number of hydrogen-bond acceptors (Lipinski definition) is 8. The minimum atomic E-state index is -1.28. The Labute approximate surface area is 203 Å². The van der Waals surface area contributed by atoms with E-state index >= 15 is 4.39 Å². The first-order chi connectivity index (χ1) is 16.5. The lowest BCUT2D eigenvalue weighted by Gasteiger charge is -2.34. The van der Waals surface area contributed by atoms with Crippen LogP contribution in [0, 0.1) is 17.1 Å². The summed E-state index contributed by atoms with van der Waals surface area (Å²) >= 11 is 0. The van der Waals surface area contributed by atoms with Crippen molar-refractivity contribution in [1.29, 1.82) is 5.26 Å². The maximum atomic E-state index is 15.3. The number of aliphatic hydroxyl groups is 2. The standard InChI is InChI=1S/C25H31FN6O3/c1-6-19-22(33)17(7-8-35-19)29-24-28-12-15(11-27)20(31-24)14-9-16(26)21-18(10-14)32(13(2)3)23(30-21)25(4,5)34/h9-10,12-13,17,19,22,33-34H,6-8H2,1-5H3,(H,28,29,31)/t17-,19+,22+/m0/s1. The van der Waals surface area contributed by atoms with Crippen molar-refractivity contribution in [2.24, 2.45) is 0 Å². The molecule has 0 unspecified atom stereocenters. The van der Waals surface area contributed by atoms with Crippen molar-refractivity contribution < 1.29 is 19.3 Å². The van der Waals surface area contributed by atoms with Crippen LogP contribution in [0.3, 0.4) is 0 Å². The summed E-state index contributed by atoms with van der Waals surface area (Å²) in [4.78, 5) is 13.2. The van der Waals surface area contributed by atoms with E-state index in [4.69, 9.17) is 4.74 Å². The summed E-state index contributed by atoms with van der Waals surface area (Å²) in [6.45, 7) is 9.52. The van der Waals surface area contributed by atoms with Crippen LogP contribution in [0.2, 0.25) is 0 Å². The number of nitrogens with zero attached hydrogens (tertiary/aromatic N) is 5. The minimum Gasteiger partial charge on any atom is -0.388 e. The molecule has 3 atom stereocenters. The number of aliphatic hydroxyl groups excluding tert-OH is 1. The van der Waals surface area contributed by atoms with Gasteiger partial charge < -0.3 is 24.8 Å². The van der Waals surface area contributed by atoms with E-state index in [9.17, 15) is 15.5 Å². The average Bonchev–Trinajstić information content (AvgIpc) is 3.21. The average molecular weight is 483 g/mol. The van der Waals surface area contributed by atoms with Crippen LogP contribution in [-0.4, -0.2) is 54.6 Å². The van der Waals surface area contributed by atoms with Gasteiger partial charge in [-0.1, -0.05) is 6.92 Å².